The normalized spacial score (nSPS) is 12.6. The predicted octanol–water partition coefficient (Wildman–Crippen LogP) is 3.46. The van der Waals surface area contributed by atoms with Crippen LogP contribution >= 0.6 is 11.3 Å². The predicted molar refractivity (Wildman–Crippen MR) is 119 cm³/mol. The van der Waals surface area contributed by atoms with Crippen LogP contribution in [0.5, 0.6) is 11.5 Å². The number of amides is 1. The molecule has 5 rings (SSSR count). The third kappa shape index (κ3) is 3.89. The summed E-state index contributed by atoms with van der Waals surface area (Å²) in [5.74, 6) is 1.05. The van der Waals surface area contributed by atoms with Crippen LogP contribution in [-0.2, 0) is 17.9 Å². The lowest BCUT2D eigenvalue weighted by molar-refractivity contribution is -0.119. The summed E-state index contributed by atoms with van der Waals surface area (Å²) in [5.41, 5.74) is 1.06. The molecular weight excluding hydrogens is 414 g/mol. The highest BCUT2D eigenvalue weighted by Crippen LogP contribution is 2.34. The number of fused-ring (bicyclic) bond motifs is 2. The Balaban J connectivity index is 1.48. The summed E-state index contributed by atoms with van der Waals surface area (Å²) in [6.45, 7) is 1.25. The van der Waals surface area contributed by atoms with Crippen molar-refractivity contribution in [3.05, 3.63) is 81.5 Å². The SMILES string of the molecule is O=C(Cn1cnc2ccccc2c1=O)N(Cc1cccs1)c1ccc2c(c1)OCCO2. The van der Waals surface area contributed by atoms with Gasteiger partial charge in [-0.25, -0.2) is 4.98 Å². The van der Waals surface area contributed by atoms with Crippen LogP contribution in [0.25, 0.3) is 10.9 Å². The van der Waals surface area contributed by atoms with E-state index in [-0.39, 0.29) is 18.0 Å². The lowest BCUT2D eigenvalue weighted by atomic mass is 10.2. The van der Waals surface area contributed by atoms with Gasteiger partial charge in [-0.2, -0.15) is 0 Å². The maximum absolute atomic E-state index is 13.4. The minimum absolute atomic E-state index is 0.115. The third-order valence-electron chi connectivity index (χ3n) is 5.07. The Morgan fingerprint density at radius 3 is 2.74 bits per heavy atom. The maximum atomic E-state index is 13.4. The summed E-state index contributed by atoms with van der Waals surface area (Å²) in [4.78, 5) is 33.2. The number of hydrogen-bond acceptors (Lipinski definition) is 6. The standard InChI is InChI=1S/C23H19N3O4S/c27-22(14-25-15-24-19-6-2-1-5-18(19)23(25)28)26(13-17-4-3-11-31-17)16-7-8-20-21(12-16)30-10-9-29-20/h1-8,11-12,15H,9-10,13-14H2. The van der Waals surface area contributed by atoms with Crippen molar-refractivity contribution < 1.29 is 14.3 Å². The van der Waals surface area contributed by atoms with Crippen LogP contribution in [0.3, 0.4) is 0 Å². The number of anilines is 1. The van der Waals surface area contributed by atoms with Gasteiger partial charge in [0.2, 0.25) is 5.91 Å². The van der Waals surface area contributed by atoms with Gasteiger partial charge in [-0.05, 0) is 35.7 Å². The van der Waals surface area contributed by atoms with E-state index in [0.29, 0.717) is 47.8 Å². The first-order valence-corrected chi connectivity index (χ1v) is 10.7. The van der Waals surface area contributed by atoms with Crippen molar-refractivity contribution in [2.24, 2.45) is 0 Å². The number of ether oxygens (including phenoxy) is 2. The Labute approximate surface area is 182 Å². The highest BCUT2D eigenvalue weighted by molar-refractivity contribution is 7.09. The van der Waals surface area contributed by atoms with E-state index in [4.69, 9.17) is 9.47 Å². The summed E-state index contributed by atoms with van der Waals surface area (Å²) in [6, 6.07) is 16.5. The van der Waals surface area contributed by atoms with E-state index in [9.17, 15) is 9.59 Å². The van der Waals surface area contributed by atoms with Crippen LogP contribution in [0, 0.1) is 0 Å². The molecule has 0 bridgehead atoms. The number of thiophene rings is 1. The molecule has 31 heavy (non-hydrogen) atoms. The number of carbonyl (C=O) groups excluding carboxylic acids is 1. The average molecular weight is 433 g/mol. The third-order valence-corrected chi connectivity index (χ3v) is 5.93. The molecule has 2 aromatic heterocycles. The molecule has 0 radical (unpaired) electrons. The molecule has 0 saturated carbocycles. The quantitative estimate of drug-likeness (QED) is 0.482. The van der Waals surface area contributed by atoms with Gasteiger partial charge in [-0.15, -0.1) is 11.3 Å². The summed E-state index contributed by atoms with van der Waals surface area (Å²) in [5, 5.41) is 2.46. The highest BCUT2D eigenvalue weighted by atomic mass is 32.1. The van der Waals surface area contributed by atoms with Crippen molar-refractivity contribution in [3.63, 3.8) is 0 Å². The zero-order valence-electron chi connectivity index (χ0n) is 16.6. The highest BCUT2D eigenvalue weighted by Gasteiger charge is 2.21. The molecule has 1 aliphatic rings. The van der Waals surface area contributed by atoms with Crippen molar-refractivity contribution in [2.75, 3.05) is 18.1 Å². The van der Waals surface area contributed by atoms with E-state index < -0.39 is 0 Å². The van der Waals surface area contributed by atoms with E-state index in [2.05, 4.69) is 4.98 Å². The molecule has 0 spiro atoms. The molecule has 0 N–H and O–H groups in total. The van der Waals surface area contributed by atoms with Gasteiger partial charge >= 0.3 is 0 Å². The van der Waals surface area contributed by atoms with Gasteiger partial charge in [0.05, 0.1) is 23.8 Å². The summed E-state index contributed by atoms with van der Waals surface area (Å²) >= 11 is 1.57. The molecule has 8 heteroatoms. The molecular formula is C23H19N3O4S. The fourth-order valence-electron chi connectivity index (χ4n) is 3.53. The minimum atomic E-state index is -0.239. The Hall–Kier alpha value is -3.65. The van der Waals surface area contributed by atoms with Crippen molar-refractivity contribution in [1.82, 2.24) is 9.55 Å². The van der Waals surface area contributed by atoms with Crippen LogP contribution in [0.2, 0.25) is 0 Å². The number of benzene rings is 2. The zero-order chi connectivity index (χ0) is 21.2. The van der Waals surface area contributed by atoms with Gasteiger partial charge in [0, 0.05) is 16.6 Å². The van der Waals surface area contributed by atoms with Crippen LogP contribution in [0.15, 0.2) is 71.1 Å². The Morgan fingerprint density at radius 2 is 1.90 bits per heavy atom. The first-order valence-electron chi connectivity index (χ1n) is 9.85. The van der Waals surface area contributed by atoms with E-state index in [1.807, 2.05) is 35.7 Å². The number of para-hydroxylation sites is 1. The lowest BCUT2D eigenvalue weighted by Gasteiger charge is -2.25. The van der Waals surface area contributed by atoms with Crippen molar-refractivity contribution in [1.29, 1.82) is 0 Å². The molecule has 3 heterocycles. The largest absolute Gasteiger partial charge is 0.486 e. The summed E-state index contributed by atoms with van der Waals surface area (Å²) in [6.07, 6.45) is 1.43. The molecule has 4 aromatic rings. The molecule has 0 atom stereocenters. The molecule has 0 aliphatic carbocycles. The second-order valence-corrected chi connectivity index (χ2v) is 8.11. The number of nitrogens with zero attached hydrogens (tertiary/aromatic N) is 3. The van der Waals surface area contributed by atoms with Gasteiger partial charge in [-0.3, -0.25) is 14.2 Å². The van der Waals surface area contributed by atoms with Crippen LogP contribution < -0.4 is 19.9 Å². The molecule has 1 aliphatic heterocycles. The number of rotatable bonds is 5. The summed E-state index contributed by atoms with van der Waals surface area (Å²) in [7, 11) is 0. The summed E-state index contributed by atoms with van der Waals surface area (Å²) < 4.78 is 12.6. The Morgan fingerprint density at radius 1 is 1.06 bits per heavy atom. The van der Waals surface area contributed by atoms with E-state index in [1.54, 1.807) is 40.5 Å². The topological polar surface area (TPSA) is 73.7 Å². The van der Waals surface area contributed by atoms with Crippen molar-refractivity contribution in [2.45, 2.75) is 13.1 Å². The van der Waals surface area contributed by atoms with Crippen molar-refractivity contribution >= 4 is 33.8 Å². The van der Waals surface area contributed by atoms with Crippen LogP contribution in [0.1, 0.15) is 4.88 Å². The molecule has 0 unspecified atom stereocenters. The molecule has 7 nitrogen and oxygen atoms in total. The molecule has 0 fully saturated rings. The monoisotopic (exact) mass is 433 g/mol. The lowest BCUT2D eigenvalue weighted by Crippen LogP contribution is -2.36. The zero-order valence-corrected chi connectivity index (χ0v) is 17.4. The van der Waals surface area contributed by atoms with Gasteiger partial charge < -0.3 is 14.4 Å². The second kappa shape index (κ2) is 8.23. The van der Waals surface area contributed by atoms with Gasteiger partial charge in [-0.1, -0.05) is 18.2 Å². The van der Waals surface area contributed by atoms with E-state index in [0.717, 1.165) is 4.88 Å². The van der Waals surface area contributed by atoms with E-state index in [1.165, 1.54) is 10.9 Å². The van der Waals surface area contributed by atoms with Crippen molar-refractivity contribution in [3.8, 4) is 11.5 Å². The van der Waals surface area contributed by atoms with Gasteiger partial charge in [0.25, 0.3) is 5.56 Å². The number of hydrogen-bond donors (Lipinski definition) is 0. The van der Waals surface area contributed by atoms with Crippen LogP contribution in [0.4, 0.5) is 5.69 Å². The first-order chi connectivity index (χ1) is 15.2. The molecule has 0 saturated heterocycles. The first kappa shape index (κ1) is 19.3. The fraction of sp³-hybridized carbons (Fsp3) is 0.174. The Kier molecular flexibility index (Phi) is 5.13. The number of aromatic nitrogens is 2. The fourth-order valence-corrected chi connectivity index (χ4v) is 4.22. The van der Waals surface area contributed by atoms with E-state index >= 15 is 0 Å². The number of carbonyl (C=O) groups is 1. The average Bonchev–Trinajstić information content (AvgIpc) is 3.32. The van der Waals surface area contributed by atoms with Gasteiger partial charge in [0.1, 0.15) is 19.8 Å². The Bertz CT molecular complexity index is 1300. The molecule has 1 amide bonds. The smallest absolute Gasteiger partial charge is 0.261 e. The molecule has 156 valence electrons. The van der Waals surface area contributed by atoms with Crippen LogP contribution in [-0.4, -0.2) is 28.7 Å². The maximum Gasteiger partial charge on any atom is 0.261 e. The molecule has 2 aromatic carbocycles. The second-order valence-electron chi connectivity index (χ2n) is 7.08. The minimum Gasteiger partial charge on any atom is -0.486 e. The van der Waals surface area contributed by atoms with Gasteiger partial charge in [0.15, 0.2) is 11.5 Å².